The first-order valence-electron chi connectivity index (χ1n) is 7.74. The van der Waals surface area contributed by atoms with Gasteiger partial charge in [0.15, 0.2) is 0 Å². The summed E-state index contributed by atoms with van der Waals surface area (Å²) in [6.07, 6.45) is 0. The Kier molecular flexibility index (Phi) is 5.87. The van der Waals surface area contributed by atoms with Gasteiger partial charge in [0.1, 0.15) is 0 Å². The number of hydrogen-bond acceptors (Lipinski definition) is 7. The zero-order chi connectivity index (χ0) is 19.4. The maximum atomic E-state index is 12.3. The van der Waals surface area contributed by atoms with E-state index in [0.29, 0.717) is 11.6 Å². The smallest absolute Gasteiger partial charge is 0.277 e. The maximum Gasteiger partial charge on any atom is 0.277 e. The highest BCUT2D eigenvalue weighted by Gasteiger charge is 2.19. The van der Waals surface area contributed by atoms with Crippen molar-refractivity contribution in [3.8, 4) is 11.5 Å². The average Bonchev–Trinajstić information content (AvgIpc) is 3.11. The summed E-state index contributed by atoms with van der Waals surface area (Å²) in [6.45, 7) is 1.68. The first-order valence-corrected chi connectivity index (χ1v) is 9.41. The van der Waals surface area contributed by atoms with Gasteiger partial charge in [-0.15, -0.1) is 10.2 Å². The zero-order valence-electron chi connectivity index (χ0n) is 14.0. The van der Waals surface area contributed by atoms with Crippen molar-refractivity contribution >= 4 is 45.0 Å². The molecule has 138 valence electrons. The average molecular weight is 449 g/mol. The fourth-order valence-corrected chi connectivity index (χ4v) is 3.06. The van der Waals surface area contributed by atoms with Gasteiger partial charge in [-0.1, -0.05) is 33.8 Å². The molecule has 0 bridgehead atoms. The van der Waals surface area contributed by atoms with Crippen LogP contribution in [0.25, 0.3) is 11.5 Å². The number of aromatic nitrogens is 2. The van der Waals surface area contributed by atoms with Crippen molar-refractivity contribution in [2.45, 2.75) is 17.4 Å². The summed E-state index contributed by atoms with van der Waals surface area (Å²) >= 11 is 4.46. The SMILES string of the molecule is CC(Sc1nnc(-c2ccc(Br)cc2)o1)C(=O)Nc1cccc([N+](=O)[O-])c1. The Morgan fingerprint density at radius 3 is 2.70 bits per heavy atom. The lowest BCUT2D eigenvalue weighted by Crippen LogP contribution is -2.22. The van der Waals surface area contributed by atoms with Gasteiger partial charge in [-0.2, -0.15) is 0 Å². The molecule has 1 amide bonds. The topological polar surface area (TPSA) is 111 Å². The van der Waals surface area contributed by atoms with E-state index in [2.05, 4.69) is 31.4 Å². The van der Waals surface area contributed by atoms with Crippen molar-refractivity contribution in [2.75, 3.05) is 5.32 Å². The van der Waals surface area contributed by atoms with Crippen LogP contribution in [0.2, 0.25) is 0 Å². The third-order valence-electron chi connectivity index (χ3n) is 3.47. The van der Waals surface area contributed by atoms with Gasteiger partial charge in [0, 0.05) is 27.9 Å². The molecule has 0 spiro atoms. The fraction of sp³-hybridized carbons (Fsp3) is 0.118. The fourth-order valence-electron chi connectivity index (χ4n) is 2.11. The number of halogens is 1. The Morgan fingerprint density at radius 2 is 2.00 bits per heavy atom. The van der Waals surface area contributed by atoms with Gasteiger partial charge >= 0.3 is 0 Å². The number of amides is 1. The van der Waals surface area contributed by atoms with E-state index in [4.69, 9.17) is 4.42 Å². The molecule has 3 rings (SSSR count). The molecule has 27 heavy (non-hydrogen) atoms. The Balaban J connectivity index is 1.64. The first-order chi connectivity index (χ1) is 12.9. The second-order valence-electron chi connectivity index (χ2n) is 5.44. The van der Waals surface area contributed by atoms with Crippen molar-refractivity contribution in [1.29, 1.82) is 0 Å². The Bertz CT molecular complexity index is 977. The predicted molar refractivity (Wildman–Crippen MR) is 104 cm³/mol. The van der Waals surface area contributed by atoms with Gasteiger partial charge in [-0.25, -0.2) is 0 Å². The summed E-state index contributed by atoms with van der Waals surface area (Å²) < 4.78 is 6.52. The molecule has 0 saturated heterocycles. The van der Waals surface area contributed by atoms with Gasteiger partial charge in [0.05, 0.1) is 10.2 Å². The monoisotopic (exact) mass is 448 g/mol. The molecule has 2 aromatic carbocycles. The van der Waals surface area contributed by atoms with Gasteiger partial charge in [0.25, 0.3) is 10.9 Å². The van der Waals surface area contributed by atoms with Crippen LogP contribution in [0.1, 0.15) is 6.92 Å². The van der Waals surface area contributed by atoms with E-state index in [9.17, 15) is 14.9 Å². The van der Waals surface area contributed by atoms with E-state index in [1.165, 1.54) is 18.2 Å². The molecule has 0 fully saturated rings. The number of nitro benzene ring substituents is 1. The molecule has 0 aliphatic rings. The van der Waals surface area contributed by atoms with E-state index in [1.807, 2.05) is 24.3 Å². The third kappa shape index (κ3) is 4.92. The standard InChI is InChI=1S/C17H13BrN4O4S/c1-10(15(23)19-13-3-2-4-14(9-13)22(24)25)27-17-21-20-16(26-17)11-5-7-12(18)8-6-11/h2-10H,1H3,(H,19,23). The summed E-state index contributed by atoms with van der Waals surface area (Å²) in [6, 6.07) is 13.1. The number of non-ortho nitro benzene ring substituents is 1. The molecule has 1 N–H and O–H groups in total. The normalized spacial score (nSPS) is 11.8. The number of thioether (sulfide) groups is 1. The van der Waals surface area contributed by atoms with Crippen LogP contribution in [0, 0.1) is 10.1 Å². The summed E-state index contributed by atoms with van der Waals surface area (Å²) in [5.74, 6) is 0.0279. The molecule has 0 saturated carbocycles. The number of nitro groups is 1. The van der Waals surface area contributed by atoms with Crippen LogP contribution < -0.4 is 5.32 Å². The molecule has 0 aliphatic heterocycles. The number of carbonyl (C=O) groups excluding carboxylic acids is 1. The number of hydrogen-bond donors (Lipinski definition) is 1. The Morgan fingerprint density at radius 1 is 1.26 bits per heavy atom. The maximum absolute atomic E-state index is 12.3. The lowest BCUT2D eigenvalue weighted by atomic mass is 10.2. The zero-order valence-corrected chi connectivity index (χ0v) is 16.4. The highest BCUT2D eigenvalue weighted by atomic mass is 79.9. The molecule has 0 aliphatic carbocycles. The highest BCUT2D eigenvalue weighted by molar-refractivity contribution is 9.10. The summed E-state index contributed by atoms with van der Waals surface area (Å²) in [7, 11) is 0. The van der Waals surface area contributed by atoms with Crippen LogP contribution in [0.3, 0.4) is 0 Å². The molecule has 10 heteroatoms. The van der Waals surface area contributed by atoms with E-state index < -0.39 is 10.2 Å². The second kappa shape index (κ2) is 8.31. The summed E-state index contributed by atoms with van der Waals surface area (Å²) in [5.41, 5.74) is 1.03. The molecule has 3 aromatic rings. The van der Waals surface area contributed by atoms with Crippen LogP contribution >= 0.6 is 27.7 Å². The molecule has 0 radical (unpaired) electrons. The lowest BCUT2D eigenvalue weighted by Gasteiger charge is -2.09. The van der Waals surface area contributed by atoms with Crippen molar-refractivity contribution in [3.63, 3.8) is 0 Å². The minimum absolute atomic E-state index is 0.0934. The molecule has 1 unspecified atom stereocenters. The van der Waals surface area contributed by atoms with Gasteiger partial charge in [0.2, 0.25) is 11.8 Å². The van der Waals surface area contributed by atoms with Crippen molar-refractivity contribution < 1.29 is 14.1 Å². The Hall–Kier alpha value is -2.72. The minimum atomic E-state index is -0.539. The number of nitrogens with zero attached hydrogens (tertiary/aromatic N) is 3. The van der Waals surface area contributed by atoms with Crippen LogP contribution in [0.15, 0.2) is 62.6 Å². The number of anilines is 1. The molecular formula is C17H13BrN4O4S. The van der Waals surface area contributed by atoms with Gasteiger partial charge < -0.3 is 9.73 Å². The largest absolute Gasteiger partial charge is 0.411 e. The second-order valence-corrected chi connectivity index (χ2v) is 7.64. The molecule has 8 nitrogen and oxygen atoms in total. The minimum Gasteiger partial charge on any atom is -0.411 e. The number of rotatable bonds is 6. The van der Waals surface area contributed by atoms with Crippen molar-refractivity contribution in [1.82, 2.24) is 10.2 Å². The van der Waals surface area contributed by atoms with Crippen molar-refractivity contribution in [3.05, 3.63) is 63.1 Å². The number of nitrogens with one attached hydrogen (secondary N) is 1. The quantitative estimate of drug-likeness (QED) is 0.334. The van der Waals surface area contributed by atoms with Crippen molar-refractivity contribution in [2.24, 2.45) is 0 Å². The van der Waals surface area contributed by atoms with Gasteiger partial charge in [-0.05, 0) is 37.3 Å². The summed E-state index contributed by atoms with van der Waals surface area (Å²) in [5, 5.41) is 21.1. The third-order valence-corrected chi connectivity index (χ3v) is 4.93. The number of benzene rings is 2. The van der Waals surface area contributed by atoms with Crippen LogP contribution in [-0.2, 0) is 4.79 Å². The van der Waals surface area contributed by atoms with E-state index in [0.717, 1.165) is 21.8 Å². The predicted octanol–water partition coefficient (Wildman–Crippen LogP) is 4.53. The first kappa shape index (κ1) is 19.1. The van der Waals surface area contributed by atoms with Crippen LogP contribution in [0.4, 0.5) is 11.4 Å². The lowest BCUT2D eigenvalue weighted by molar-refractivity contribution is -0.384. The van der Waals surface area contributed by atoms with Crippen LogP contribution in [0.5, 0.6) is 0 Å². The van der Waals surface area contributed by atoms with E-state index >= 15 is 0 Å². The molecular weight excluding hydrogens is 436 g/mol. The molecule has 1 aromatic heterocycles. The Labute approximate surface area is 166 Å². The highest BCUT2D eigenvalue weighted by Crippen LogP contribution is 2.27. The van der Waals surface area contributed by atoms with Crippen LogP contribution in [-0.4, -0.2) is 26.3 Å². The van der Waals surface area contributed by atoms with Gasteiger partial charge in [-0.3, -0.25) is 14.9 Å². The van der Waals surface area contributed by atoms with E-state index in [-0.39, 0.29) is 16.8 Å². The summed E-state index contributed by atoms with van der Waals surface area (Å²) in [4.78, 5) is 22.6. The number of carbonyl (C=O) groups is 1. The molecule has 1 heterocycles. The molecule has 1 atom stereocenters. The van der Waals surface area contributed by atoms with E-state index in [1.54, 1.807) is 13.0 Å².